The molecule has 0 atom stereocenters. The van der Waals surface area contributed by atoms with Crippen molar-refractivity contribution in [2.75, 3.05) is 0 Å². The number of hydrogen-bond acceptors (Lipinski definition) is 2. The molecule has 1 heterocycles. The Morgan fingerprint density at radius 2 is 1.94 bits per heavy atom. The molecule has 1 aromatic carbocycles. The van der Waals surface area contributed by atoms with Gasteiger partial charge in [-0.25, -0.2) is 4.98 Å². The van der Waals surface area contributed by atoms with E-state index in [1.807, 2.05) is 0 Å². The summed E-state index contributed by atoms with van der Waals surface area (Å²) in [4.78, 5) is 18.4. The van der Waals surface area contributed by atoms with Crippen LogP contribution in [0.1, 0.15) is 36.6 Å². The molecule has 1 N–H and O–H groups in total. The van der Waals surface area contributed by atoms with Gasteiger partial charge in [0, 0.05) is 11.6 Å². The highest BCUT2D eigenvalue weighted by Gasteiger charge is 2.19. The van der Waals surface area contributed by atoms with E-state index in [0.29, 0.717) is 5.82 Å². The minimum atomic E-state index is -0.0967. The van der Waals surface area contributed by atoms with Gasteiger partial charge in [-0.05, 0) is 31.2 Å². The summed E-state index contributed by atoms with van der Waals surface area (Å²) >= 11 is 0. The molecule has 3 nitrogen and oxygen atoms in total. The van der Waals surface area contributed by atoms with Crippen molar-refractivity contribution in [3.63, 3.8) is 0 Å². The normalized spacial score (nSPS) is 15.4. The summed E-state index contributed by atoms with van der Waals surface area (Å²) in [6, 6.07) is 10.0. The second-order valence-electron chi connectivity index (χ2n) is 4.97. The van der Waals surface area contributed by atoms with E-state index in [4.69, 9.17) is 0 Å². The van der Waals surface area contributed by atoms with Crippen LogP contribution in [0.2, 0.25) is 0 Å². The molecule has 2 aromatic rings. The minimum absolute atomic E-state index is 0.0967. The third-order valence-electron chi connectivity index (χ3n) is 3.64. The van der Waals surface area contributed by atoms with Crippen molar-refractivity contribution in [3.05, 3.63) is 52.1 Å². The largest absolute Gasteiger partial charge is 0.311 e. The summed E-state index contributed by atoms with van der Waals surface area (Å²) in [5.41, 5.74) is 3.07. The van der Waals surface area contributed by atoms with Crippen molar-refractivity contribution in [2.24, 2.45) is 0 Å². The Labute approximate surface area is 106 Å². The van der Waals surface area contributed by atoms with Gasteiger partial charge in [0.25, 0.3) is 5.56 Å². The summed E-state index contributed by atoms with van der Waals surface area (Å²) in [5, 5.41) is 0. The number of aromatic nitrogens is 2. The average molecular weight is 240 g/mol. The molecule has 1 fully saturated rings. The quantitative estimate of drug-likeness (QED) is 0.877. The Morgan fingerprint density at radius 3 is 2.50 bits per heavy atom. The molecule has 0 aliphatic heterocycles. The molecule has 0 spiro atoms. The molecule has 1 saturated carbocycles. The lowest BCUT2D eigenvalue weighted by Crippen LogP contribution is -2.09. The first-order valence-electron chi connectivity index (χ1n) is 6.41. The van der Waals surface area contributed by atoms with Crippen molar-refractivity contribution < 1.29 is 0 Å². The molecule has 1 aliphatic carbocycles. The zero-order valence-corrected chi connectivity index (χ0v) is 10.4. The lowest BCUT2D eigenvalue weighted by molar-refractivity contribution is 0.420. The van der Waals surface area contributed by atoms with Gasteiger partial charge >= 0.3 is 0 Å². The van der Waals surface area contributed by atoms with Crippen LogP contribution in [0.5, 0.6) is 0 Å². The third-order valence-corrected chi connectivity index (χ3v) is 3.64. The molecule has 0 radical (unpaired) electrons. The van der Waals surface area contributed by atoms with E-state index in [2.05, 4.69) is 34.2 Å². The van der Waals surface area contributed by atoms with Crippen molar-refractivity contribution in [1.82, 2.24) is 9.97 Å². The molecular formula is C15H16N2O. The van der Waals surface area contributed by atoms with Crippen LogP contribution in [0.25, 0.3) is 11.3 Å². The average Bonchev–Trinajstić information content (AvgIpc) is 2.26. The number of H-pyrrole nitrogens is 1. The van der Waals surface area contributed by atoms with Crippen molar-refractivity contribution in [1.29, 1.82) is 0 Å². The molecule has 0 amide bonds. The summed E-state index contributed by atoms with van der Waals surface area (Å²) < 4.78 is 0. The number of hydrogen-bond donors (Lipinski definition) is 1. The first-order valence-corrected chi connectivity index (χ1v) is 6.41. The van der Waals surface area contributed by atoms with Gasteiger partial charge in [0.2, 0.25) is 0 Å². The van der Waals surface area contributed by atoms with E-state index >= 15 is 0 Å². The predicted octanol–water partition coefficient (Wildman–Crippen LogP) is 3.01. The molecule has 92 valence electrons. The van der Waals surface area contributed by atoms with Gasteiger partial charge in [-0.1, -0.05) is 30.7 Å². The van der Waals surface area contributed by atoms with Gasteiger partial charge in [0.1, 0.15) is 5.82 Å². The summed E-state index contributed by atoms with van der Waals surface area (Å²) in [5.74, 6) is 1.40. The highest BCUT2D eigenvalue weighted by Crippen LogP contribution is 2.36. The monoisotopic (exact) mass is 240 g/mol. The lowest BCUT2D eigenvalue weighted by Gasteiger charge is -2.25. The van der Waals surface area contributed by atoms with Gasteiger partial charge in [0.05, 0.1) is 5.69 Å². The van der Waals surface area contributed by atoms with Crippen LogP contribution in [0, 0.1) is 6.92 Å². The Morgan fingerprint density at radius 1 is 1.22 bits per heavy atom. The Kier molecular flexibility index (Phi) is 2.74. The van der Waals surface area contributed by atoms with E-state index in [0.717, 1.165) is 17.2 Å². The fourth-order valence-corrected chi connectivity index (χ4v) is 2.39. The van der Waals surface area contributed by atoms with Crippen LogP contribution in [0.15, 0.2) is 35.1 Å². The van der Waals surface area contributed by atoms with Crippen molar-refractivity contribution >= 4 is 0 Å². The van der Waals surface area contributed by atoms with Crippen LogP contribution in [0.4, 0.5) is 0 Å². The van der Waals surface area contributed by atoms with Crippen molar-refractivity contribution in [3.8, 4) is 11.3 Å². The predicted molar refractivity (Wildman–Crippen MR) is 71.6 cm³/mol. The zero-order chi connectivity index (χ0) is 12.5. The van der Waals surface area contributed by atoms with Gasteiger partial charge in [-0.2, -0.15) is 0 Å². The highest BCUT2D eigenvalue weighted by atomic mass is 16.1. The number of benzene rings is 1. The molecule has 18 heavy (non-hydrogen) atoms. The molecule has 0 unspecified atom stereocenters. The molecule has 3 heteroatoms. The molecule has 0 bridgehead atoms. The number of aromatic amines is 1. The van der Waals surface area contributed by atoms with Crippen LogP contribution in [-0.2, 0) is 0 Å². The summed E-state index contributed by atoms with van der Waals surface area (Å²) in [6.45, 7) is 1.80. The van der Waals surface area contributed by atoms with Crippen LogP contribution >= 0.6 is 0 Å². The highest BCUT2D eigenvalue weighted by molar-refractivity contribution is 5.59. The van der Waals surface area contributed by atoms with E-state index in [1.165, 1.54) is 24.8 Å². The maximum Gasteiger partial charge on any atom is 0.251 e. The standard InChI is InChI=1S/C15H16N2O/c1-10-16-14(9-15(18)17-10)13-7-5-12(6-8-13)11-3-2-4-11/h5-9,11H,2-4H2,1H3,(H,16,17,18). The van der Waals surface area contributed by atoms with Gasteiger partial charge in [-0.15, -0.1) is 0 Å². The van der Waals surface area contributed by atoms with Gasteiger partial charge < -0.3 is 4.98 Å². The first kappa shape index (κ1) is 11.2. The molecule has 3 rings (SSSR count). The molecule has 0 saturated heterocycles. The maximum absolute atomic E-state index is 11.4. The zero-order valence-electron chi connectivity index (χ0n) is 10.4. The number of aryl methyl sites for hydroxylation is 1. The Hall–Kier alpha value is -1.90. The molecule has 1 aliphatic rings. The third kappa shape index (κ3) is 2.08. The van der Waals surface area contributed by atoms with E-state index < -0.39 is 0 Å². The summed E-state index contributed by atoms with van der Waals surface area (Å²) in [7, 11) is 0. The Balaban J connectivity index is 1.93. The lowest BCUT2D eigenvalue weighted by atomic mass is 9.80. The SMILES string of the molecule is Cc1nc(-c2ccc(C3CCC3)cc2)cc(=O)[nH]1. The maximum atomic E-state index is 11.4. The first-order chi connectivity index (χ1) is 8.72. The van der Waals surface area contributed by atoms with E-state index in [-0.39, 0.29) is 5.56 Å². The fraction of sp³-hybridized carbons (Fsp3) is 0.333. The topological polar surface area (TPSA) is 45.8 Å². The van der Waals surface area contributed by atoms with E-state index in [9.17, 15) is 4.79 Å². The molecular weight excluding hydrogens is 224 g/mol. The number of nitrogens with one attached hydrogen (secondary N) is 1. The molecule has 1 aromatic heterocycles. The van der Waals surface area contributed by atoms with E-state index in [1.54, 1.807) is 13.0 Å². The second-order valence-corrected chi connectivity index (χ2v) is 4.97. The van der Waals surface area contributed by atoms with Crippen LogP contribution in [-0.4, -0.2) is 9.97 Å². The number of rotatable bonds is 2. The van der Waals surface area contributed by atoms with Gasteiger partial charge in [-0.3, -0.25) is 4.79 Å². The Bertz CT molecular complexity index is 609. The number of nitrogens with zero attached hydrogens (tertiary/aromatic N) is 1. The summed E-state index contributed by atoms with van der Waals surface area (Å²) in [6.07, 6.45) is 3.96. The van der Waals surface area contributed by atoms with Gasteiger partial charge in [0.15, 0.2) is 0 Å². The van der Waals surface area contributed by atoms with Crippen LogP contribution in [0.3, 0.4) is 0 Å². The van der Waals surface area contributed by atoms with Crippen LogP contribution < -0.4 is 5.56 Å². The van der Waals surface area contributed by atoms with Crippen molar-refractivity contribution in [2.45, 2.75) is 32.1 Å². The minimum Gasteiger partial charge on any atom is -0.311 e. The second kappa shape index (κ2) is 4.41. The smallest absolute Gasteiger partial charge is 0.251 e. The fourth-order valence-electron chi connectivity index (χ4n) is 2.39.